The number of H-pyrrole nitrogens is 1. The van der Waals surface area contributed by atoms with Crippen LogP contribution in [0.1, 0.15) is 99.2 Å². The molecule has 0 saturated carbocycles. The Morgan fingerprint density at radius 3 is 2.17 bits per heavy atom. The summed E-state index contributed by atoms with van der Waals surface area (Å²) in [5.41, 5.74) is 21.6. The summed E-state index contributed by atoms with van der Waals surface area (Å²) in [5, 5.41) is 52.2. The lowest BCUT2D eigenvalue weighted by Crippen LogP contribution is -2.63. The van der Waals surface area contributed by atoms with Gasteiger partial charge in [0.2, 0.25) is 52.9 Å². The molecule has 10 atom stereocenters. The van der Waals surface area contributed by atoms with Crippen molar-refractivity contribution < 1.29 is 77.5 Å². The Balaban J connectivity index is 0.878. The van der Waals surface area contributed by atoms with Crippen LogP contribution in [0.5, 0.6) is 11.5 Å². The van der Waals surface area contributed by atoms with E-state index in [-0.39, 0.29) is 105 Å². The van der Waals surface area contributed by atoms with Crippen LogP contribution in [0.15, 0.2) is 114 Å². The van der Waals surface area contributed by atoms with Gasteiger partial charge in [-0.1, -0.05) is 118 Å². The summed E-state index contributed by atoms with van der Waals surface area (Å²) in [5.74, 6) is -8.98. The number of nitrogens with one attached hydrogen (secondary N) is 8. The third-order valence-corrected chi connectivity index (χ3v) is 24.8. The Kier molecular flexibility index (Phi) is 27.4. The van der Waals surface area contributed by atoms with Crippen molar-refractivity contribution in [1.82, 2.24) is 51.8 Å². The zero-order chi connectivity index (χ0) is 78.4. The van der Waals surface area contributed by atoms with Crippen molar-refractivity contribution >= 4 is 124 Å². The van der Waals surface area contributed by atoms with Gasteiger partial charge in [-0.3, -0.25) is 43.2 Å². The highest BCUT2D eigenvalue weighted by atomic mass is 33.1. The highest BCUT2D eigenvalue weighted by Gasteiger charge is 2.51. The van der Waals surface area contributed by atoms with Crippen LogP contribution in [-0.2, 0) is 102 Å². The number of rotatable bonds is 25. The van der Waals surface area contributed by atoms with Crippen LogP contribution in [0, 0.1) is 0 Å². The van der Waals surface area contributed by atoms with Gasteiger partial charge >= 0.3 is 12.1 Å². The molecular formula is C75H89N13O17S4. The number of hydrogen-bond acceptors (Lipinski definition) is 24. The van der Waals surface area contributed by atoms with E-state index in [1.54, 1.807) is 87.6 Å². The summed E-state index contributed by atoms with van der Waals surface area (Å²) >= 11 is 0. The number of hydrogen-bond donors (Lipinski definition) is 14. The van der Waals surface area contributed by atoms with E-state index in [4.69, 9.17) is 36.4 Å². The number of phenolic OH excluding ortho intramolecular Hbond substituents is 2. The predicted molar refractivity (Wildman–Crippen MR) is 414 cm³/mol. The number of unbranched alkanes of at least 4 members (excludes halogenated alkanes) is 1. The number of amides is 8. The van der Waals surface area contributed by atoms with Gasteiger partial charge in [-0.15, -0.1) is 0 Å². The van der Waals surface area contributed by atoms with Gasteiger partial charge in [-0.05, 0) is 131 Å². The molecule has 0 spiro atoms. The number of carbonyl (C=O) groups excluding carboxylic acids is 10. The van der Waals surface area contributed by atoms with Gasteiger partial charge in [0.25, 0.3) is 5.56 Å². The number of phenols is 2. The number of cyclic esters (lactones) is 1. The number of aryl methyl sites for hydroxylation is 1. The summed E-state index contributed by atoms with van der Waals surface area (Å²) < 4.78 is 17.1. The lowest BCUT2D eigenvalue weighted by molar-refractivity contribution is -0.175. The molecule has 6 heterocycles. The number of nitrogens with two attached hydrogens (primary N) is 3. The number of pyridine rings is 2. The van der Waals surface area contributed by atoms with Crippen LogP contribution in [0.4, 0.5) is 4.79 Å². The maximum atomic E-state index is 15.0. The maximum Gasteiger partial charge on any atom is 0.509 e. The Hall–Kier alpha value is -9.84. The molecule has 3 aliphatic heterocycles. The monoisotopic (exact) mass is 1570 g/mol. The van der Waals surface area contributed by atoms with E-state index in [2.05, 4.69) is 42.2 Å². The van der Waals surface area contributed by atoms with Gasteiger partial charge in [0.05, 0.1) is 41.2 Å². The molecule has 7 aromatic rings. The predicted octanol–water partition coefficient (Wildman–Crippen LogP) is 3.69. The fourth-order valence-corrected chi connectivity index (χ4v) is 18.0. The molecule has 34 heteroatoms. The summed E-state index contributed by atoms with van der Waals surface area (Å²) in [6.45, 7) is 7.58. The van der Waals surface area contributed by atoms with E-state index in [9.17, 15) is 63.3 Å². The summed E-state index contributed by atoms with van der Waals surface area (Å²) in [7, 11) is 4.04. The minimum absolute atomic E-state index is 0.0262. The Morgan fingerprint density at radius 1 is 0.789 bits per heavy atom. The van der Waals surface area contributed by atoms with Crippen LogP contribution < -0.4 is 60.0 Å². The first-order valence-corrected chi connectivity index (χ1v) is 40.4. The number of aliphatic hydroxyl groups is 1. The molecule has 3 aromatic heterocycles. The second-order valence-electron chi connectivity index (χ2n) is 27.2. The Morgan fingerprint density at radius 2 is 1.47 bits per heavy atom. The number of esters is 1. The van der Waals surface area contributed by atoms with E-state index in [1.807, 2.05) is 19.1 Å². The number of aliphatic hydroxyl groups excluding tert-OH is 1. The lowest BCUT2D eigenvalue weighted by Gasteiger charge is -2.35. The largest absolute Gasteiger partial charge is 0.509 e. The first-order valence-electron chi connectivity index (χ1n) is 35.6. The molecule has 17 N–H and O–H groups in total. The van der Waals surface area contributed by atoms with Crippen molar-refractivity contribution in [2.45, 2.75) is 164 Å². The number of fused-ring (bicyclic) bond motifs is 6. The van der Waals surface area contributed by atoms with Crippen LogP contribution in [0.3, 0.4) is 0 Å². The van der Waals surface area contributed by atoms with E-state index in [0.29, 0.717) is 57.3 Å². The number of aromatic nitrogens is 3. The van der Waals surface area contributed by atoms with Gasteiger partial charge in [0, 0.05) is 68.5 Å². The molecule has 8 amide bonds. The Labute approximate surface area is 642 Å². The number of ether oxygens (including phenoxy) is 3. The van der Waals surface area contributed by atoms with E-state index in [1.165, 1.54) is 41.8 Å². The highest BCUT2D eigenvalue weighted by molar-refractivity contribution is 8.77. The molecule has 1 saturated heterocycles. The highest BCUT2D eigenvalue weighted by Crippen LogP contribution is 2.43. The fourth-order valence-electron chi connectivity index (χ4n) is 13.3. The third-order valence-electron chi connectivity index (χ3n) is 19.1. The summed E-state index contributed by atoms with van der Waals surface area (Å²) in [6.07, 6.45) is -0.582. The van der Waals surface area contributed by atoms with Gasteiger partial charge in [-0.2, -0.15) is 0 Å². The lowest BCUT2D eigenvalue weighted by atomic mass is 9.85. The minimum Gasteiger partial charge on any atom is -0.508 e. The molecule has 580 valence electrons. The average Bonchev–Trinajstić information content (AvgIpc) is 1.58. The number of aromatic hydroxyl groups is 2. The smallest absolute Gasteiger partial charge is 0.508 e. The van der Waals surface area contributed by atoms with E-state index < -0.39 is 130 Å². The third kappa shape index (κ3) is 19.6. The number of para-hydroxylation sites is 1. The van der Waals surface area contributed by atoms with Crippen molar-refractivity contribution in [1.29, 1.82) is 0 Å². The normalized spacial score (nSPS) is 21.0. The second kappa shape index (κ2) is 36.6. The molecule has 4 aromatic carbocycles. The van der Waals surface area contributed by atoms with E-state index >= 15 is 4.79 Å². The molecule has 1 fully saturated rings. The molecule has 109 heavy (non-hydrogen) atoms. The Bertz CT molecular complexity index is 4620. The zero-order valence-electron chi connectivity index (χ0n) is 60.5. The first-order chi connectivity index (χ1) is 52.1. The molecule has 0 unspecified atom stereocenters. The molecule has 0 radical (unpaired) electrons. The molecule has 0 bridgehead atoms. The second-order valence-corrected chi connectivity index (χ2v) is 32.8. The first kappa shape index (κ1) is 81.7. The molecule has 10 rings (SSSR count). The maximum absolute atomic E-state index is 15.0. The van der Waals surface area contributed by atoms with Crippen LogP contribution in [0.25, 0.3) is 33.2 Å². The number of aromatic amines is 1. The fraction of sp³-hybridized carbons (Fsp3) is 0.413. The standard InChI is InChI=1S/C75H89N13O17S4/c1-6-45-47-32-44(91)24-25-53(47)80-61-48(45)35-88-59(61)33-50-49(71(88)100)36-104-72(101)75(50,7-2)105-73(102)103-27-28-106-109-74(4,5)62(63(78)92)87-69(98)58-38-108-107-37-57(84-64(93)51(77)29-40-15-9-8-10-16-40)68(97)82-55(30-41-20-22-43(90)23-21-41)66(95)83-56(31-42-34-79-52-18-12-11-17-46(42)52)67(96)81-54(19-13-14-26-76)65(94)86-60(39(3)89)70(99)85-58/h8-12,15-18,20-25,32-34,39,51,54-58,60,62,79,89-91H,6-7,13-14,19,26-31,35-38,76-77H2,1-5H3,(H2,78,92)(H,81,96)(H,82,97)(H,83,95)(H,84,93)(H,85,99)(H,86,94)(H,87,98)/t39-,51-,54+,55+,56-,57+,58+,60+,62-,75+/m1/s1. The van der Waals surface area contributed by atoms with E-state index in [0.717, 1.165) is 59.7 Å². The van der Waals surface area contributed by atoms with Gasteiger partial charge in [-0.25, -0.2) is 14.6 Å². The average molecular weight is 1570 g/mol. The molecule has 0 aliphatic carbocycles. The van der Waals surface area contributed by atoms with Crippen molar-refractivity contribution in [3.8, 4) is 22.9 Å². The molecule has 3 aliphatic rings. The quantitative estimate of drug-likeness (QED) is 0.0220. The number of nitrogens with zero attached hydrogens (tertiary/aromatic N) is 2. The summed E-state index contributed by atoms with van der Waals surface area (Å²) in [6, 6.07) is 16.3. The van der Waals surface area contributed by atoms with Crippen molar-refractivity contribution in [3.05, 3.63) is 159 Å². The van der Waals surface area contributed by atoms with Crippen molar-refractivity contribution in [2.24, 2.45) is 17.2 Å². The van der Waals surface area contributed by atoms with Crippen LogP contribution >= 0.6 is 43.2 Å². The minimum atomic E-state index is -2.10. The van der Waals surface area contributed by atoms with Crippen LogP contribution in [0.2, 0.25) is 0 Å². The zero-order valence-corrected chi connectivity index (χ0v) is 63.8. The van der Waals surface area contributed by atoms with Gasteiger partial charge < -0.3 is 93.5 Å². The van der Waals surface area contributed by atoms with Gasteiger partial charge in [0.1, 0.15) is 67.0 Å². The van der Waals surface area contributed by atoms with Gasteiger partial charge in [0.15, 0.2) is 0 Å². The number of primary amides is 1. The van der Waals surface area contributed by atoms with Crippen molar-refractivity contribution in [2.75, 3.05) is 30.4 Å². The molecule has 30 nitrogen and oxygen atoms in total. The number of carbonyl (C=O) groups is 10. The molecular weight excluding hydrogens is 1480 g/mol. The topological polar surface area (TPSA) is 472 Å². The van der Waals surface area contributed by atoms with Crippen LogP contribution in [-0.4, -0.2) is 179 Å². The summed E-state index contributed by atoms with van der Waals surface area (Å²) in [4.78, 5) is 167. The van der Waals surface area contributed by atoms with Crippen molar-refractivity contribution in [3.63, 3.8) is 0 Å². The SMILES string of the molecule is CCc1c2c(nc3ccc(O)cc13)-c1cc3c(c(=O)n1C2)COC(=O)[C@@]3(CC)OC(=O)OCCSSC(C)(C)[C@H](NC(=O)[C@@H]1CSSC[C@H](NC(=O)[C@H](N)Cc2ccccc2)C(=O)N[C@@H](Cc2ccc(O)cc2)C(=O)N[C@H](Cc2c[nH]c3ccccc23)C(=O)N[C@@H](CCCCN)C(=O)N[C@@H]([C@@H](C)O)C(=O)N1)C(N)=O. The number of benzene rings is 4.